The lowest BCUT2D eigenvalue weighted by molar-refractivity contribution is 0.101. The van der Waals surface area contributed by atoms with Gasteiger partial charge in [-0.2, -0.15) is 5.10 Å². The van der Waals surface area contributed by atoms with E-state index in [9.17, 15) is 4.79 Å². The number of carbonyl (C=O) groups excluding carboxylic acids is 1. The normalized spacial score (nSPS) is 10.5. The highest BCUT2D eigenvalue weighted by atomic mass is 35.5. The molecule has 122 valence electrons. The molecule has 0 unspecified atom stereocenters. The number of carbonyl (C=O) groups is 1. The molecule has 24 heavy (non-hydrogen) atoms. The molecule has 0 bridgehead atoms. The summed E-state index contributed by atoms with van der Waals surface area (Å²) in [4.78, 5) is 16.4. The Morgan fingerprint density at radius 2 is 2.08 bits per heavy atom. The Bertz CT molecular complexity index is 892. The van der Waals surface area contributed by atoms with Crippen LogP contribution >= 0.6 is 11.6 Å². The first-order valence-corrected chi connectivity index (χ1v) is 7.56. The standard InChI is InChI=1S/C17H15ClN4O2/c1-22-15(17(23)20-13-7-4-8-19-16(13)18)10-14(21-22)11-5-3-6-12(9-11)24-2/h3-10H,1-2H3,(H,20,23). The number of amides is 1. The number of anilines is 1. The molecule has 0 fully saturated rings. The van der Waals surface area contributed by atoms with Crippen molar-refractivity contribution in [3.63, 3.8) is 0 Å². The smallest absolute Gasteiger partial charge is 0.274 e. The molecule has 0 atom stereocenters. The zero-order chi connectivity index (χ0) is 17.1. The number of aromatic nitrogens is 3. The van der Waals surface area contributed by atoms with Crippen molar-refractivity contribution in [1.82, 2.24) is 14.8 Å². The molecular formula is C17H15ClN4O2. The minimum Gasteiger partial charge on any atom is -0.497 e. The molecule has 3 rings (SSSR count). The average Bonchev–Trinajstić information content (AvgIpc) is 2.99. The van der Waals surface area contributed by atoms with Crippen molar-refractivity contribution < 1.29 is 9.53 Å². The molecule has 7 heteroatoms. The van der Waals surface area contributed by atoms with Gasteiger partial charge in [-0.1, -0.05) is 23.7 Å². The van der Waals surface area contributed by atoms with Gasteiger partial charge >= 0.3 is 0 Å². The van der Waals surface area contributed by atoms with Crippen LogP contribution in [0.3, 0.4) is 0 Å². The van der Waals surface area contributed by atoms with Crippen LogP contribution in [-0.4, -0.2) is 27.8 Å². The molecule has 1 N–H and O–H groups in total. The van der Waals surface area contributed by atoms with Crippen LogP contribution in [0.1, 0.15) is 10.5 Å². The Morgan fingerprint density at radius 3 is 2.83 bits per heavy atom. The molecule has 1 amide bonds. The van der Waals surface area contributed by atoms with Crippen molar-refractivity contribution in [2.24, 2.45) is 7.05 Å². The highest BCUT2D eigenvalue weighted by Gasteiger charge is 2.16. The molecular weight excluding hydrogens is 328 g/mol. The second-order valence-corrected chi connectivity index (χ2v) is 5.42. The summed E-state index contributed by atoms with van der Waals surface area (Å²) in [5.41, 5.74) is 2.41. The predicted molar refractivity (Wildman–Crippen MR) is 92.4 cm³/mol. The van der Waals surface area contributed by atoms with E-state index < -0.39 is 0 Å². The Morgan fingerprint density at radius 1 is 1.25 bits per heavy atom. The van der Waals surface area contributed by atoms with Crippen LogP contribution in [0.2, 0.25) is 5.15 Å². The van der Waals surface area contributed by atoms with Gasteiger partial charge in [0.05, 0.1) is 18.5 Å². The van der Waals surface area contributed by atoms with Crippen molar-refractivity contribution in [2.45, 2.75) is 0 Å². The summed E-state index contributed by atoms with van der Waals surface area (Å²) in [7, 11) is 3.32. The zero-order valence-corrected chi connectivity index (χ0v) is 13.9. The minimum atomic E-state index is -0.311. The van der Waals surface area contributed by atoms with Crippen LogP contribution in [0.5, 0.6) is 5.75 Å². The first-order valence-electron chi connectivity index (χ1n) is 7.19. The lowest BCUT2D eigenvalue weighted by Crippen LogP contribution is -2.16. The largest absolute Gasteiger partial charge is 0.497 e. The van der Waals surface area contributed by atoms with Crippen LogP contribution in [0.4, 0.5) is 5.69 Å². The summed E-state index contributed by atoms with van der Waals surface area (Å²) in [6.07, 6.45) is 1.56. The van der Waals surface area contributed by atoms with Crippen LogP contribution in [0, 0.1) is 0 Å². The molecule has 0 saturated carbocycles. The van der Waals surface area contributed by atoms with Crippen molar-refractivity contribution in [2.75, 3.05) is 12.4 Å². The number of hydrogen-bond acceptors (Lipinski definition) is 4. The second-order valence-electron chi connectivity index (χ2n) is 5.07. The maximum absolute atomic E-state index is 12.5. The van der Waals surface area contributed by atoms with E-state index >= 15 is 0 Å². The summed E-state index contributed by atoms with van der Waals surface area (Å²) < 4.78 is 6.74. The maximum atomic E-state index is 12.5. The van der Waals surface area contributed by atoms with E-state index in [0.29, 0.717) is 17.1 Å². The van der Waals surface area contributed by atoms with Crippen molar-refractivity contribution in [3.05, 3.63) is 59.5 Å². The van der Waals surface area contributed by atoms with E-state index in [0.717, 1.165) is 11.3 Å². The Labute approximate surface area is 144 Å². The monoisotopic (exact) mass is 342 g/mol. The number of halogens is 1. The molecule has 2 heterocycles. The molecule has 1 aromatic carbocycles. The second kappa shape index (κ2) is 6.72. The lowest BCUT2D eigenvalue weighted by Gasteiger charge is -2.05. The number of hydrogen-bond donors (Lipinski definition) is 1. The zero-order valence-electron chi connectivity index (χ0n) is 13.2. The molecule has 2 aromatic heterocycles. The number of rotatable bonds is 4. The predicted octanol–water partition coefficient (Wildman–Crippen LogP) is 3.40. The van der Waals surface area contributed by atoms with E-state index in [1.807, 2.05) is 24.3 Å². The number of methoxy groups -OCH3 is 1. The van der Waals surface area contributed by atoms with Crippen molar-refractivity contribution in [1.29, 1.82) is 0 Å². The Kier molecular flexibility index (Phi) is 4.48. The van der Waals surface area contributed by atoms with E-state index in [4.69, 9.17) is 16.3 Å². The molecule has 0 aliphatic heterocycles. The van der Waals surface area contributed by atoms with Gasteiger partial charge in [-0.05, 0) is 30.3 Å². The lowest BCUT2D eigenvalue weighted by atomic mass is 10.1. The van der Waals surface area contributed by atoms with Gasteiger partial charge in [-0.15, -0.1) is 0 Å². The van der Waals surface area contributed by atoms with Crippen molar-refractivity contribution in [3.8, 4) is 17.0 Å². The number of ether oxygens (including phenoxy) is 1. The van der Waals surface area contributed by atoms with Gasteiger partial charge in [-0.3, -0.25) is 9.48 Å². The van der Waals surface area contributed by atoms with Crippen molar-refractivity contribution >= 4 is 23.2 Å². The highest BCUT2D eigenvalue weighted by Crippen LogP contribution is 2.24. The van der Waals surface area contributed by atoms with Gasteiger partial charge in [-0.25, -0.2) is 4.98 Å². The number of nitrogens with one attached hydrogen (secondary N) is 1. The Balaban J connectivity index is 1.88. The quantitative estimate of drug-likeness (QED) is 0.738. The molecule has 0 aliphatic carbocycles. The topological polar surface area (TPSA) is 69.0 Å². The van der Waals surface area contributed by atoms with Gasteiger partial charge < -0.3 is 10.1 Å². The highest BCUT2D eigenvalue weighted by molar-refractivity contribution is 6.32. The minimum absolute atomic E-state index is 0.237. The summed E-state index contributed by atoms with van der Waals surface area (Å²) in [5.74, 6) is 0.417. The fourth-order valence-electron chi connectivity index (χ4n) is 2.27. The van der Waals surface area contributed by atoms with Crippen LogP contribution in [0.25, 0.3) is 11.3 Å². The van der Waals surface area contributed by atoms with Crippen LogP contribution in [0.15, 0.2) is 48.7 Å². The molecule has 0 saturated heterocycles. The molecule has 0 radical (unpaired) electrons. The Hall–Kier alpha value is -2.86. The molecule has 6 nitrogen and oxygen atoms in total. The summed E-state index contributed by atoms with van der Waals surface area (Å²) in [6, 6.07) is 12.6. The van der Waals surface area contributed by atoms with Crippen LogP contribution < -0.4 is 10.1 Å². The van der Waals surface area contributed by atoms with Gasteiger partial charge in [0.15, 0.2) is 5.15 Å². The summed E-state index contributed by atoms with van der Waals surface area (Å²) >= 11 is 5.97. The van der Waals surface area contributed by atoms with Gasteiger partial charge in [0.25, 0.3) is 5.91 Å². The fraction of sp³-hybridized carbons (Fsp3) is 0.118. The van der Waals surface area contributed by atoms with E-state index in [2.05, 4.69) is 15.4 Å². The molecule has 0 spiro atoms. The van der Waals surface area contributed by atoms with Gasteiger partial charge in [0, 0.05) is 18.8 Å². The number of aryl methyl sites for hydroxylation is 1. The first-order chi connectivity index (χ1) is 11.6. The van der Waals surface area contributed by atoms with Crippen LogP contribution in [-0.2, 0) is 7.05 Å². The van der Waals surface area contributed by atoms with E-state index in [1.165, 1.54) is 4.68 Å². The third kappa shape index (κ3) is 3.23. The number of nitrogens with zero attached hydrogens (tertiary/aromatic N) is 3. The summed E-state index contributed by atoms with van der Waals surface area (Å²) in [6.45, 7) is 0. The third-order valence-corrected chi connectivity index (χ3v) is 3.79. The van der Waals surface area contributed by atoms with E-state index in [1.54, 1.807) is 38.6 Å². The third-order valence-electron chi connectivity index (χ3n) is 3.49. The van der Waals surface area contributed by atoms with E-state index in [-0.39, 0.29) is 11.1 Å². The maximum Gasteiger partial charge on any atom is 0.274 e. The first kappa shape index (κ1) is 16.0. The SMILES string of the molecule is COc1cccc(-c2cc(C(=O)Nc3cccnc3Cl)n(C)n2)c1. The summed E-state index contributed by atoms with van der Waals surface area (Å²) in [5, 5.41) is 7.37. The molecule has 3 aromatic rings. The van der Waals surface area contributed by atoms with Gasteiger partial charge in [0.1, 0.15) is 11.4 Å². The average molecular weight is 343 g/mol. The number of pyridine rings is 1. The fourth-order valence-corrected chi connectivity index (χ4v) is 2.44. The number of benzene rings is 1. The van der Waals surface area contributed by atoms with Gasteiger partial charge in [0.2, 0.25) is 0 Å². The molecule has 0 aliphatic rings.